The number of hydrogen-bond acceptors (Lipinski definition) is 2. The number of carboxylic acid groups (broad SMARTS) is 1. The molecule has 0 heterocycles. The summed E-state index contributed by atoms with van der Waals surface area (Å²) in [7, 11) is 0. The molecule has 0 aliphatic heterocycles. The van der Waals surface area contributed by atoms with Gasteiger partial charge in [0.2, 0.25) is 0 Å². The molecule has 160 valence electrons. The topological polar surface area (TPSA) is 66.4 Å². The lowest BCUT2D eigenvalue weighted by molar-refractivity contribution is -0.143. The fourth-order valence-corrected chi connectivity index (χ4v) is 3.04. The first-order valence-electron chi connectivity index (χ1n) is 9.42. The van der Waals surface area contributed by atoms with Crippen molar-refractivity contribution in [3.63, 3.8) is 0 Å². The normalized spacial score (nSPS) is 12.3. The maximum Gasteiger partial charge on any atom is 0.416 e. The van der Waals surface area contributed by atoms with Gasteiger partial charge in [-0.25, -0.2) is 4.79 Å². The van der Waals surface area contributed by atoms with E-state index in [0.717, 1.165) is 22.9 Å². The molecule has 0 saturated heterocycles. The second-order valence-electron chi connectivity index (χ2n) is 7.59. The van der Waals surface area contributed by atoms with Crippen LogP contribution in [-0.4, -0.2) is 22.5 Å². The maximum absolute atomic E-state index is 12.9. The number of halogens is 3. The average Bonchev–Trinajstić information content (AvgIpc) is 2.71. The van der Waals surface area contributed by atoms with Crippen molar-refractivity contribution in [2.75, 3.05) is 0 Å². The van der Waals surface area contributed by atoms with Crippen LogP contribution in [0.4, 0.5) is 13.2 Å². The van der Waals surface area contributed by atoms with Crippen LogP contribution in [0, 0.1) is 0 Å². The van der Waals surface area contributed by atoms with Gasteiger partial charge < -0.3 is 10.4 Å². The molecule has 2 N–H and O–H groups in total. The minimum atomic E-state index is -4.42. The molecule has 1 amide bonds. The monoisotopic (exact) mass is 427 g/mol. The molecule has 3 rings (SSSR count). The van der Waals surface area contributed by atoms with Crippen LogP contribution in [-0.2, 0) is 11.0 Å². The zero-order chi connectivity index (χ0) is 22.8. The van der Waals surface area contributed by atoms with Crippen molar-refractivity contribution in [3.8, 4) is 0 Å². The van der Waals surface area contributed by atoms with E-state index in [1.54, 1.807) is 30.4 Å². The molecule has 0 spiro atoms. The average molecular weight is 427 g/mol. The summed E-state index contributed by atoms with van der Waals surface area (Å²) in [6, 6.07) is 15.4. The van der Waals surface area contributed by atoms with E-state index >= 15 is 0 Å². The SMILES string of the molecule is CC(C)(NC(=O)c1ccc2ccccc2c1C=Cc1ccc(C(F)(F)F)cc1)C(=O)O. The van der Waals surface area contributed by atoms with Crippen LogP contribution in [0.15, 0.2) is 60.7 Å². The predicted octanol–water partition coefficient (Wildman–Crippen LogP) is 5.62. The second-order valence-corrected chi connectivity index (χ2v) is 7.59. The van der Waals surface area contributed by atoms with Gasteiger partial charge in [0.1, 0.15) is 5.54 Å². The molecule has 31 heavy (non-hydrogen) atoms. The van der Waals surface area contributed by atoms with E-state index in [2.05, 4.69) is 5.32 Å². The first kappa shape index (κ1) is 22.1. The summed E-state index contributed by atoms with van der Waals surface area (Å²) >= 11 is 0. The highest BCUT2D eigenvalue weighted by atomic mass is 19.4. The summed E-state index contributed by atoms with van der Waals surface area (Å²) in [5.41, 5.74) is -0.895. The summed E-state index contributed by atoms with van der Waals surface area (Å²) in [6.07, 6.45) is -1.16. The number of carbonyl (C=O) groups excluding carboxylic acids is 1. The van der Waals surface area contributed by atoms with E-state index in [1.165, 1.54) is 26.0 Å². The van der Waals surface area contributed by atoms with E-state index in [9.17, 15) is 27.9 Å². The van der Waals surface area contributed by atoms with Crippen molar-refractivity contribution >= 4 is 34.8 Å². The Kier molecular flexibility index (Phi) is 5.88. The Morgan fingerprint density at radius 3 is 2.16 bits per heavy atom. The number of carboxylic acids is 1. The molecule has 3 aromatic rings. The van der Waals surface area contributed by atoms with Crippen LogP contribution < -0.4 is 5.32 Å². The first-order valence-corrected chi connectivity index (χ1v) is 9.42. The molecule has 0 aromatic heterocycles. The molecule has 0 bridgehead atoms. The number of benzene rings is 3. The van der Waals surface area contributed by atoms with Gasteiger partial charge in [0.05, 0.1) is 5.56 Å². The van der Waals surface area contributed by atoms with Crippen molar-refractivity contribution in [1.82, 2.24) is 5.32 Å². The predicted molar refractivity (Wildman–Crippen MR) is 114 cm³/mol. The largest absolute Gasteiger partial charge is 0.480 e. The summed E-state index contributed by atoms with van der Waals surface area (Å²) in [5.74, 6) is -1.74. The number of amides is 1. The molecule has 3 aromatic carbocycles. The highest BCUT2D eigenvalue weighted by Crippen LogP contribution is 2.30. The zero-order valence-electron chi connectivity index (χ0n) is 16.8. The van der Waals surface area contributed by atoms with Gasteiger partial charge in [-0.2, -0.15) is 13.2 Å². The number of carbonyl (C=O) groups is 2. The van der Waals surface area contributed by atoms with E-state index in [4.69, 9.17) is 0 Å². The quantitative estimate of drug-likeness (QED) is 0.519. The van der Waals surface area contributed by atoms with Gasteiger partial charge in [-0.3, -0.25) is 4.79 Å². The molecule has 7 heteroatoms. The van der Waals surface area contributed by atoms with Gasteiger partial charge in [0.25, 0.3) is 5.91 Å². The highest BCUT2D eigenvalue weighted by molar-refractivity contribution is 6.07. The van der Waals surface area contributed by atoms with Crippen LogP contribution in [0.5, 0.6) is 0 Å². The van der Waals surface area contributed by atoms with E-state index in [1.807, 2.05) is 18.2 Å². The van der Waals surface area contributed by atoms with Crippen molar-refractivity contribution in [2.24, 2.45) is 0 Å². The lowest BCUT2D eigenvalue weighted by Crippen LogP contribution is -2.49. The lowest BCUT2D eigenvalue weighted by Gasteiger charge is -2.22. The molecule has 0 aliphatic carbocycles. The van der Waals surface area contributed by atoms with E-state index in [-0.39, 0.29) is 5.56 Å². The number of fused-ring (bicyclic) bond motifs is 1. The fourth-order valence-electron chi connectivity index (χ4n) is 3.04. The number of nitrogens with one attached hydrogen (secondary N) is 1. The number of aliphatic carboxylic acids is 1. The minimum absolute atomic E-state index is 0.260. The van der Waals surface area contributed by atoms with Gasteiger partial charge in [-0.15, -0.1) is 0 Å². The first-order chi connectivity index (χ1) is 14.5. The van der Waals surface area contributed by atoms with Gasteiger partial charge in [-0.1, -0.05) is 54.6 Å². The molecular formula is C24H20F3NO3. The van der Waals surface area contributed by atoms with E-state index < -0.39 is 29.2 Å². The lowest BCUT2D eigenvalue weighted by atomic mass is 9.96. The highest BCUT2D eigenvalue weighted by Gasteiger charge is 2.31. The number of alkyl halides is 3. The van der Waals surface area contributed by atoms with Gasteiger partial charge in [0, 0.05) is 5.56 Å². The van der Waals surface area contributed by atoms with Gasteiger partial charge in [0.15, 0.2) is 0 Å². The van der Waals surface area contributed by atoms with Crippen LogP contribution >= 0.6 is 0 Å². The summed E-state index contributed by atoms with van der Waals surface area (Å²) < 4.78 is 38.3. The number of hydrogen-bond donors (Lipinski definition) is 2. The summed E-state index contributed by atoms with van der Waals surface area (Å²) in [5, 5.41) is 13.4. The third-order valence-electron chi connectivity index (χ3n) is 4.86. The molecule has 0 aliphatic rings. The van der Waals surface area contributed by atoms with Crippen LogP contribution in [0.2, 0.25) is 0 Å². The Balaban J connectivity index is 2.03. The van der Waals surface area contributed by atoms with Crippen LogP contribution in [0.25, 0.3) is 22.9 Å². The zero-order valence-corrected chi connectivity index (χ0v) is 16.8. The fraction of sp³-hybridized carbons (Fsp3) is 0.167. The molecule has 0 unspecified atom stereocenters. The molecule has 0 radical (unpaired) electrons. The molecule has 4 nitrogen and oxygen atoms in total. The van der Waals surface area contributed by atoms with Crippen LogP contribution in [0.1, 0.15) is 40.9 Å². The Morgan fingerprint density at radius 1 is 0.903 bits per heavy atom. The minimum Gasteiger partial charge on any atom is -0.480 e. The Labute approximate surface area is 177 Å². The van der Waals surface area contributed by atoms with Crippen molar-refractivity contribution in [2.45, 2.75) is 25.6 Å². The third kappa shape index (κ3) is 4.94. The molecule has 0 saturated carbocycles. The van der Waals surface area contributed by atoms with Crippen molar-refractivity contribution in [1.29, 1.82) is 0 Å². The Bertz CT molecular complexity index is 1160. The standard InChI is InChI=1S/C24H20F3NO3/c1-23(2,22(30)31)28-21(29)20-14-10-16-5-3-4-6-18(16)19(20)13-9-15-7-11-17(12-8-15)24(25,26)27/h3-14H,1-2H3,(H,28,29)(H,30,31). The maximum atomic E-state index is 12.9. The third-order valence-corrected chi connectivity index (χ3v) is 4.86. The van der Waals surface area contributed by atoms with Gasteiger partial charge >= 0.3 is 12.1 Å². The Morgan fingerprint density at radius 2 is 1.55 bits per heavy atom. The smallest absolute Gasteiger partial charge is 0.416 e. The molecular weight excluding hydrogens is 407 g/mol. The van der Waals surface area contributed by atoms with Gasteiger partial charge in [-0.05, 0) is 53.9 Å². The Hall–Kier alpha value is -3.61. The molecule has 0 atom stereocenters. The molecule has 0 fully saturated rings. The summed E-state index contributed by atoms with van der Waals surface area (Å²) in [4.78, 5) is 24.2. The summed E-state index contributed by atoms with van der Waals surface area (Å²) in [6.45, 7) is 2.76. The van der Waals surface area contributed by atoms with Crippen molar-refractivity contribution < 1.29 is 27.9 Å². The van der Waals surface area contributed by atoms with Crippen LogP contribution in [0.3, 0.4) is 0 Å². The van der Waals surface area contributed by atoms with E-state index in [0.29, 0.717) is 11.1 Å². The second kappa shape index (κ2) is 8.26. The number of rotatable bonds is 5. The van der Waals surface area contributed by atoms with Crippen molar-refractivity contribution in [3.05, 3.63) is 82.9 Å².